The third-order valence-electron chi connectivity index (χ3n) is 6.34. The number of thiophene rings is 1. The van der Waals surface area contributed by atoms with Crippen LogP contribution in [-0.2, 0) is 11.2 Å². The molecule has 0 aliphatic heterocycles. The standard InChI is InChI=1S/C25H28N4O2S2/c1-5-18-17(4)33-22-21(18)23(31)29(19-12-15(2)8-9-16(19)3)24(27-22)32-13-20(30)28-25(14-26)10-6-7-11-25/h8-9,12H,5-7,10-11,13H2,1-4H3,(H,28,30). The molecule has 3 aromatic rings. The Bertz CT molecular complexity index is 1330. The van der Waals surface area contributed by atoms with E-state index in [1.165, 1.54) is 23.1 Å². The summed E-state index contributed by atoms with van der Waals surface area (Å²) in [5.41, 5.74) is 2.98. The lowest BCUT2D eigenvalue weighted by atomic mass is 10.0. The van der Waals surface area contributed by atoms with Crippen molar-refractivity contribution in [2.75, 3.05) is 5.75 Å². The number of hydrogen-bond donors (Lipinski definition) is 1. The summed E-state index contributed by atoms with van der Waals surface area (Å²) in [6, 6.07) is 8.30. The minimum absolute atomic E-state index is 0.0945. The van der Waals surface area contributed by atoms with Gasteiger partial charge in [0, 0.05) is 4.88 Å². The van der Waals surface area contributed by atoms with Crippen molar-refractivity contribution < 1.29 is 4.79 Å². The minimum Gasteiger partial charge on any atom is -0.337 e. The Labute approximate surface area is 202 Å². The zero-order valence-corrected chi connectivity index (χ0v) is 21.1. The number of nitriles is 1. The van der Waals surface area contributed by atoms with Gasteiger partial charge in [-0.15, -0.1) is 11.3 Å². The Kier molecular flexibility index (Phi) is 6.64. The Balaban J connectivity index is 1.77. The average molecular weight is 481 g/mol. The summed E-state index contributed by atoms with van der Waals surface area (Å²) in [5.74, 6) is -0.112. The molecule has 1 aliphatic carbocycles. The SMILES string of the molecule is CCc1c(C)sc2nc(SCC(=O)NC3(C#N)CCCC3)n(-c3cc(C)ccc3C)c(=O)c12. The van der Waals surface area contributed by atoms with Crippen LogP contribution in [0.3, 0.4) is 0 Å². The second-order valence-corrected chi connectivity index (χ2v) is 10.9. The molecular formula is C25H28N4O2S2. The number of benzene rings is 1. The van der Waals surface area contributed by atoms with Crippen molar-refractivity contribution in [1.29, 1.82) is 5.26 Å². The molecule has 1 N–H and O–H groups in total. The first-order chi connectivity index (χ1) is 15.8. The number of aromatic nitrogens is 2. The lowest BCUT2D eigenvalue weighted by Crippen LogP contribution is -2.45. The molecule has 1 fully saturated rings. The van der Waals surface area contributed by atoms with Gasteiger partial charge in [0.2, 0.25) is 5.91 Å². The van der Waals surface area contributed by atoms with E-state index >= 15 is 0 Å². The predicted molar refractivity (Wildman–Crippen MR) is 134 cm³/mol. The van der Waals surface area contributed by atoms with E-state index in [-0.39, 0.29) is 17.2 Å². The van der Waals surface area contributed by atoms with E-state index in [2.05, 4.69) is 18.3 Å². The van der Waals surface area contributed by atoms with Gasteiger partial charge in [0.25, 0.3) is 5.56 Å². The highest BCUT2D eigenvalue weighted by Gasteiger charge is 2.35. The number of amides is 1. The summed E-state index contributed by atoms with van der Waals surface area (Å²) < 4.78 is 1.66. The van der Waals surface area contributed by atoms with E-state index < -0.39 is 5.54 Å². The molecule has 0 spiro atoms. The van der Waals surface area contributed by atoms with Crippen molar-refractivity contribution in [3.8, 4) is 11.8 Å². The third-order valence-corrected chi connectivity index (χ3v) is 8.32. The molecule has 1 aliphatic rings. The number of rotatable bonds is 6. The molecule has 2 heterocycles. The molecule has 4 rings (SSSR count). The van der Waals surface area contributed by atoms with Gasteiger partial charge in [-0.05, 0) is 75.6 Å². The third kappa shape index (κ3) is 4.44. The van der Waals surface area contributed by atoms with Crippen LogP contribution in [0.2, 0.25) is 0 Å². The Morgan fingerprint density at radius 1 is 1.30 bits per heavy atom. The van der Waals surface area contributed by atoms with Gasteiger partial charge in [-0.25, -0.2) is 4.98 Å². The highest BCUT2D eigenvalue weighted by Crippen LogP contribution is 2.32. The second kappa shape index (κ2) is 9.32. The van der Waals surface area contributed by atoms with Crippen LogP contribution in [0.1, 0.15) is 54.2 Å². The van der Waals surface area contributed by atoms with Gasteiger partial charge < -0.3 is 5.32 Å². The van der Waals surface area contributed by atoms with E-state index in [0.29, 0.717) is 28.2 Å². The molecule has 0 radical (unpaired) electrons. The predicted octanol–water partition coefficient (Wildman–Crippen LogP) is 4.98. The highest BCUT2D eigenvalue weighted by molar-refractivity contribution is 7.99. The fraction of sp³-hybridized carbons (Fsp3) is 0.440. The van der Waals surface area contributed by atoms with Crippen molar-refractivity contribution in [1.82, 2.24) is 14.9 Å². The minimum atomic E-state index is -0.761. The van der Waals surface area contributed by atoms with E-state index in [4.69, 9.17) is 4.98 Å². The second-order valence-electron chi connectivity index (χ2n) is 8.73. The molecular weight excluding hydrogens is 452 g/mol. The summed E-state index contributed by atoms with van der Waals surface area (Å²) in [4.78, 5) is 33.2. The van der Waals surface area contributed by atoms with Gasteiger partial charge in [0.1, 0.15) is 10.4 Å². The fourth-order valence-corrected chi connectivity index (χ4v) is 6.53. The van der Waals surface area contributed by atoms with Crippen LogP contribution in [0.25, 0.3) is 15.9 Å². The number of thioether (sulfide) groups is 1. The van der Waals surface area contributed by atoms with Gasteiger partial charge in [0.15, 0.2) is 5.16 Å². The summed E-state index contributed by atoms with van der Waals surface area (Å²) in [5, 5.41) is 13.7. The maximum absolute atomic E-state index is 13.8. The molecule has 0 saturated heterocycles. The van der Waals surface area contributed by atoms with E-state index in [9.17, 15) is 14.9 Å². The summed E-state index contributed by atoms with van der Waals surface area (Å²) in [7, 11) is 0. The number of carbonyl (C=O) groups excluding carboxylic acids is 1. The molecule has 0 unspecified atom stereocenters. The first-order valence-corrected chi connectivity index (χ1v) is 13.1. The van der Waals surface area contributed by atoms with Gasteiger partial charge in [-0.2, -0.15) is 5.26 Å². The number of fused-ring (bicyclic) bond motifs is 1. The van der Waals surface area contributed by atoms with E-state index in [1.807, 2.05) is 39.0 Å². The lowest BCUT2D eigenvalue weighted by molar-refractivity contribution is -0.119. The summed E-state index contributed by atoms with van der Waals surface area (Å²) >= 11 is 2.77. The smallest absolute Gasteiger partial charge is 0.267 e. The van der Waals surface area contributed by atoms with Crippen LogP contribution in [-0.4, -0.2) is 26.8 Å². The maximum atomic E-state index is 13.8. The van der Waals surface area contributed by atoms with E-state index in [1.54, 1.807) is 4.57 Å². The van der Waals surface area contributed by atoms with Crippen LogP contribution < -0.4 is 10.9 Å². The van der Waals surface area contributed by atoms with Crippen LogP contribution in [0.4, 0.5) is 0 Å². The lowest BCUT2D eigenvalue weighted by Gasteiger charge is -2.22. The number of carbonyl (C=O) groups is 1. The first kappa shape index (κ1) is 23.5. The molecule has 0 bridgehead atoms. The highest BCUT2D eigenvalue weighted by atomic mass is 32.2. The zero-order chi connectivity index (χ0) is 23.8. The monoisotopic (exact) mass is 480 g/mol. The Morgan fingerprint density at radius 2 is 2.03 bits per heavy atom. The van der Waals surface area contributed by atoms with Crippen molar-refractivity contribution in [3.05, 3.63) is 50.1 Å². The fourth-order valence-electron chi connectivity index (χ4n) is 4.57. The molecule has 1 aromatic carbocycles. The van der Waals surface area contributed by atoms with Crippen LogP contribution in [0.15, 0.2) is 28.2 Å². The maximum Gasteiger partial charge on any atom is 0.267 e. The van der Waals surface area contributed by atoms with Crippen molar-refractivity contribution in [2.24, 2.45) is 0 Å². The number of aryl methyl sites for hydroxylation is 4. The molecule has 2 aromatic heterocycles. The summed E-state index contributed by atoms with van der Waals surface area (Å²) in [6.07, 6.45) is 4.03. The van der Waals surface area contributed by atoms with Gasteiger partial charge in [-0.1, -0.05) is 30.8 Å². The largest absolute Gasteiger partial charge is 0.337 e. The number of nitrogens with zero attached hydrogens (tertiary/aromatic N) is 3. The first-order valence-electron chi connectivity index (χ1n) is 11.3. The average Bonchev–Trinajstić information content (AvgIpc) is 3.38. The Morgan fingerprint density at radius 3 is 2.70 bits per heavy atom. The number of nitrogens with one attached hydrogen (secondary N) is 1. The van der Waals surface area contributed by atoms with Gasteiger partial charge in [-0.3, -0.25) is 14.2 Å². The zero-order valence-electron chi connectivity index (χ0n) is 19.4. The molecule has 8 heteroatoms. The normalized spacial score (nSPS) is 15.0. The van der Waals surface area contributed by atoms with E-state index in [0.717, 1.165) is 46.5 Å². The molecule has 0 atom stereocenters. The van der Waals surface area contributed by atoms with Crippen molar-refractivity contribution in [2.45, 2.75) is 70.5 Å². The number of hydrogen-bond acceptors (Lipinski definition) is 6. The summed E-state index contributed by atoms with van der Waals surface area (Å²) in [6.45, 7) is 8.05. The molecule has 172 valence electrons. The van der Waals surface area contributed by atoms with Gasteiger partial charge in [0.05, 0.1) is 22.9 Å². The van der Waals surface area contributed by atoms with Crippen LogP contribution in [0, 0.1) is 32.1 Å². The van der Waals surface area contributed by atoms with Crippen LogP contribution >= 0.6 is 23.1 Å². The molecule has 1 amide bonds. The molecule has 33 heavy (non-hydrogen) atoms. The van der Waals surface area contributed by atoms with Crippen molar-refractivity contribution in [3.63, 3.8) is 0 Å². The van der Waals surface area contributed by atoms with Gasteiger partial charge >= 0.3 is 0 Å². The van der Waals surface area contributed by atoms with Crippen LogP contribution in [0.5, 0.6) is 0 Å². The Hall–Kier alpha value is -2.63. The molecule has 1 saturated carbocycles. The molecule has 6 nitrogen and oxygen atoms in total. The topological polar surface area (TPSA) is 87.8 Å². The van der Waals surface area contributed by atoms with Crippen molar-refractivity contribution >= 4 is 39.2 Å². The quantitative estimate of drug-likeness (QED) is 0.397.